The Hall–Kier alpha value is -2.91. The van der Waals surface area contributed by atoms with Crippen LogP contribution < -0.4 is 9.47 Å². The molecule has 0 bridgehead atoms. The van der Waals surface area contributed by atoms with Crippen molar-refractivity contribution in [3.8, 4) is 11.5 Å². The standard InChI is InChI=1S/C23H24N2O5S2/c1-23(2,3)16-5-8-18(9-6-16)29-11-12-30-19-10-7-17(25(27)28)13-15(19)14-20-21(26)24(4)22(31)32-20/h5-10,13-14H,11-12H2,1-4H3/b20-14-. The molecule has 0 unspecified atom stereocenters. The molecule has 2 aromatic rings. The van der Waals surface area contributed by atoms with Crippen LogP contribution in [0.15, 0.2) is 47.4 Å². The van der Waals surface area contributed by atoms with Crippen LogP contribution in [0, 0.1) is 10.1 Å². The topological polar surface area (TPSA) is 81.9 Å². The van der Waals surface area contributed by atoms with Crippen molar-refractivity contribution in [2.75, 3.05) is 20.3 Å². The second kappa shape index (κ2) is 9.70. The summed E-state index contributed by atoms with van der Waals surface area (Å²) in [5.41, 5.74) is 1.63. The highest BCUT2D eigenvalue weighted by atomic mass is 32.2. The molecule has 0 N–H and O–H groups in total. The number of hydrogen-bond acceptors (Lipinski definition) is 7. The quantitative estimate of drug-likeness (QED) is 0.180. The molecule has 7 nitrogen and oxygen atoms in total. The van der Waals surface area contributed by atoms with E-state index >= 15 is 0 Å². The molecule has 32 heavy (non-hydrogen) atoms. The predicted octanol–water partition coefficient (Wildman–Crippen LogP) is 5.18. The maximum absolute atomic E-state index is 12.3. The third-order valence-electron chi connectivity index (χ3n) is 4.81. The average Bonchev–Trinajstić information content (AvgIpc) is 2.98. The summed E-state index contributed by atoms with van der Waals surface area (Å²) >= 11 is 6.29. The first-order valence-corrected chi connectivity index (χ1v) is 11.1. The van der Waals surface area contributed by atoms with Crippen LogP contribution >= 0.6 is 24.0 Å². The van der Waals surface area contributed by atoms with Crippen LogP contribution in [-0.4, -0.2) is 40.3 Å². The Balaban J connectivity index is 1.69. The van der Waals surface area contributed by atoms with Crippen molar-refractivity contribution in [2.24, 2.45) is 0 Å². The van der Waals surface area contributed by atoms with Crippen molar-refractivity contribution < 1.29 is 19.2 Å². The fourth-order valence-electron chi connectivity index (χ4n) is 2.94. The highest BCUT2D eigenvalue weighted by Crippen LogP contribution is 2.34. The lowest BCUT2D eigenvalue weighted by Crippen LogP contribution is -2.22. The Morgan fingerprint density at radius 2 is 1.78 bits per heavy atom. The van der Waals surface area contributed by atoms with Gasteiger partial charge in [-0.2, -0.15) is 0 Å². The van der Waals surface area contributed by atoms with E-state index in [0.717, 1.165) is 17.5 Å². The lowest BCUT2D eigenvalue weighted by atomic mass is 9.87. The number of non-ortho nitro benzene ring substituents is 1. The molecule has 1 fully saturated rings. The molecule has 168 valence electrons. The van der Waals surface area contributed by atoms with Gasteiger partial charge >= 0.3 is 0 Å². The summed E-state index contributed by atoms with van der Waals surface area (Å²) in [6.45, 7) is 6.97. The Kier molecular flexibility index (Phi) is 7.20. The number of rotatable bonds is 7. The van der Waals surface area contributed by atoms with Crippen LogP contribution in [0.3, 0.4) is 0 Å². The highest BCUT2D eigenvalue weighted by Gasteiger charge is 2.29. The first-order chi connectivity index (χ1) is 15.1. The van der Waals surface area contributed by atoms with Crippen LogP contribution in [0.1, 0.15) is 31.9 Å². The fourth-order valence-corrected chi connectivity index (χ4v) is 4.11. The van der Waals surface area contributed by atoms with Gasteiger partial charge in [-0.1, -0.05) is 56.9 Å². The van der Waals surface area contributed by atoms with Crippen LogP contribution in [0.4, 0.5) is 5.69 Å². The molecule has 0 saturated carbocycles. The van der Waals surface area contributed by atoms with Gasteiger partial charge in [0.25, 0.3) is 11.6 Å². The molecule has 3 rings (SSSR count). The van der Waals surface area contributed by atoms with Gasteiger partial charge in [0.15, 0.2) is 0 Å². The molecule has 0 atom stereocenters. The van der Waals surface area contributed by atoms with Crippen molar-refractivity contribution in [3.63, 3.8) is 0 Å². The van der Waals surface area contributed by atoms with Gasteiger partial charge in [0.2, 0.25) is 0 Å². The minimum atomic E-state index is -0.490. The van der Waals surface area contributed by atoms with Gasteiger partial charge in [-0.05, 0) is 35.3 Å². The summed E-state index contributed by atoms with van der Waals surface area (Å²) in [6.07, 6.45) is 1.57. The highest BCUT2D eigenvalue weighted by molar-refractivity contribution is 8.26. The number of carbonyl (C=O) groups excluding carboxylic acids is 1. The number of carbonyl (C=O) groups is 1. The van der Waals surface area contributed by atoms with E-state index in [9.17, 15) is 14.9 Å². The molecule has 9 heteroatoms. The number of ether oxygens (including phenoxy) is 2. The second-order valence-corrected chi connectivity index (χ2v) is 9.87. The van der Waals surface area contributed by atoms with Gasteiger partial charge in [0.05, 0.1) is 9.83 Å². The van der Waals surface area contributed by atoms with Gasteiger partial charge in [0.1, 0.15) is 29.0 Å². The molecule has 1 aliphatic rings. The Morgan fingerprint density at radius 3 is 2.34 bits per heavy atom. The monoisotopic (exact) mass is 472 g/mol. The molecule has 0 radical (unpaired) electrons. The number of hydrogen-bond donors (Lipinski definition) is 0. The first-order valence-electron chi connectivity index (χ1n) is 9.92. The lowest BCUT2D eigenvalue weighted by molar-refractivity contribution is -0.384. The molecule has 1 amide bonds. The minimum absolute atomic E-state index is 0.0694. The minimum Gasteiger partial charge on any atom is -0.490 e. The Morgan fingerprint density at radius 1 is 1.12 bits per heavy atom. The van der Waals surface area contributed by atoms with Gasteiger partial charge in [0, 0.05) is 24.7 Å². The largest absolute Gasteiger partial charge is 0.490 e. The number of nitro benzene ring substituents is 1. The van der Waals surface area contributed by atoms with E-state index in [4.69, 9.17) is 21.7 Å². The van der Waals surface area contributed by atoms with E-state index in [0.29, 0.717) is 27.1 Å². The molecule has 2 aromatic carbocycles. The summed E-state index contributed by atoms with van der Waals surface area (Å²) in [5, 5.41) is 11.2. The van der Waals surface area contributed by atoms with Crippen LogP contribution in [0.25, 0.3) is 6.08 Å². The third kappa shape index (κ3) is 5.66. The van der Waals surface area contributed by atoms with Crippen LogP contribution in [-0.2, 0) is 10.2 Å². The summed E-state index contributed by atoms with van der Waals surface area (Å²) in [5.74, 6) is 0.903. The molecular formula is C23H24N2O5S2. The van der Waals surface area contributed by atoms with Gasteiger partial charge in [-0.3, -0.25) is 19.8 Å². The predicted molar refractivity (Wildman–Crippen MR) is 130 cm³/mol. The Bertz CT molecular complexity index is 1070. The van der Waals surface area contributed by atoms with Crippen molar-refractivity contribution in [1.82, 2.24) is 4.90 Å². The van der Waals surface area contributed by atoms with Gasteiger partial charge < -0.3 is 9.47 Å². The molecule has 0 aliphatic carbocycles. The molecule has 0 aromatic heterocycles. The molecule has 1 saturated heterocycles. The molecule has 0 spiro atoms. The fraction of sp³-hybridized carbons (Fsp3) is 0.304. The van der Waals surface area contributed by atoms with Crippen LogP contribution in [0.5, 0.6) is 11.5 Å². The number of nitro groups is 1. The van der Waals surface area contributed by atoms with Crippen molar-refractivity contribution in [1.29, 1.82) is 0 Å². The number of amides is 1. The van der Waals surface area contributed by atoms with E-state index in [2.05, 4.69) is 20.8 Å². The number of nitrogens with zero attached hydrogens (tertiary/aromatic N) is 2. The number of benzene rings is 2. The van der Waals surface area contributed by atoms with Crippen molar-refractivity contribution >= 4 is 46.0 Å². The lowest BCUT2D eigenvalue weighted by Gasteiger charge is -2.19. The third-order valence-corrected chi connectivity index (χ3v) is 6.29. The number of likely N-dealkylation sites (N-methyl/N-ethyl adjacent to an activating group) is 1. The Labute approximate surface area is 196 Å². The summed E-state index contributed by atoms with van der Waals surface area (Å²) in [7, 11) is 1.59. The SMILES string of the molecule is CN1C(=O)/C(=C/c2cc([N+](=O)[O-])ccc2OCCOc2ccc(C(C)(C)C)cc2)SC1=S. The smallest absolute Gasteiger partial charge is 0.270 e. The van der Waals surface area contributed by atoms with E-state index < -0.39 is 4.92 Å². The van der Waals surface area contributed by atoms with Crippen LogP contribution in [0.2, 0.25) is 0 Å². The van der Waals surface area contributed by atoms with E-state index in [1.165, 1.54) is 28.7 Å². The molecule has 1 aliphatic heterocycles. The first kappa shape index (κ1) is 23.7. The summed E-state index contributed by atoms with van der Waals surface area (Å²) in [6, 6.07) is 12.2. The van der Waals surface area contributed by atoms with E-state index in [1.54, 1.807) is 13.1 Å². The number of thiocarbonyl (C=S) groups is 1. The van der Waals surface area contributed by atoms with Gasteiger partial charge in [-0.25, -0.2) is 0 Å². The van der Waals surface area contributed by atoms with Crippen molar-refractivity contribution in [2.45, 2.75) is 26.2 Å². The molecule has 1 heterocycles. The maximum atomic E-state index is 12.3. The zero-order valence-electron chi connectivity index (χ0n) is 18.3. The van der Waals surface area contributed by atoms with Crippen molar-refractivity contribution in [3.05, 3.63) is 68.6 Å². The zero-order valence-corrected chi connectivity index (χ0v) is 19.9. The zero-order chi connectivity index (χ0) is 23.5. The van der Waals surface area contributed by atoms with E-state index in [-0.39, 0.29) is 23.6 Å². The normalized spacial score (nSPS) is 15.4. The second-order valence-electron chi connectivity index (χ2n) is 8.19. The number of thioether (sulfide) groups is 1. The molecular weight excluding hydrogens is 448 g/mol. The van der Waals surface area contributed by atoms with E-state index in [1.807, 2.05) is 24.3 Å². The average molecular weight is 473 g/mol. The summed E-state index contributed by atoms with van der Waals surface area (Å²) < 4.78 is 12.0. The maximum Gasteiger partial charge on any atom is 0.270 e. The van der Waals surface area contributed by atoms with Gasteiger partial charge in [-0.15, -0.1) is 0 Å². The summed E-state index contributed by atoms with van der Waals surface area (Å²) in [4.78, 5) is 24.8.